The van der Waals surface area contributed by atoms with Crippen LogP contribution < -0.4 is 5.32 Å². The van der Waals surface area contributed by atoms with Crippen molar-refractivity contribution in [3.05, 3.63) is 48.0 Å². The van der Waals surface area contributed by atoms with E-state index in [0.717, 1.165) is 5.92 Å². The number of fused-ring (bicyclic) bond motifs is 1. The molecule has 0 spiro atoms. The summed E-state index contributed by atoms with van der Waals surface area (Å²) in [5, 5.41) is 6.15. The highest BCUT2D eigenvalue weighted by molar-refractivity contribution is 5.82. The molecule has 1 aliphatic rings. The van der Waals surface area contributed by atoms with E-state index >= 15 is 0 Å². The molecule has 2 aromatic carbocycles. The Kier molecular flexibility index (Phi) is 3.10. The minimum atomic E-state index is 0.890. The summed E-state index contributed by atoms with van der Waals surface area (Å²) in [4.78, 5) is 0. The maximum Gasteiger partial charge on any atom is -0.00199 e. The van der Waals surface area contributed by atoms with E-state index in [0.29, 0.717) is 0 Å². The summed E-state index contributed by atoms with van der Waals surface area (Å²) in [7, 11) is 0. The van der Waals surface area contributed by atoms with Gasteiger partial charge in [0.2, 0.25) is 0 Å². The minimum absolute atomic E-state index is 0.890. The van der Waals surface area contributed by atoms with Crippen molar-refractivity contribution >= 4 is 10.8 Å². The first kappa shape index (κ1) is 10.8. The molecular weight excluding hydrogens is 206 g/mol. The maximum absolute atomic E-state index is 3.44. The average molecular weight is 225 g/mol. The normalized spacial score (nSPS) is 19.9. The van der Waals surface area contributed by atoms with Gasteiger partial charge in [-0.1, -0.05) is 42.5 Å². The van der Waals surface area contributed by atoms with Crippen LogP contribution in [0.4, 0.5) is 0 Å². The summed E-state index contributed by atoms with van der Waals surface area (Å²) < 4.78 is 0. The van der Waals surface area contributed by atoms with Crippen molar-refractivity contribution in [1.82, 2.24) is 5.32 Å². The molecule has 1 fully saturated rings. The molecule has 1 atom stereocenters. The van der Waals surface area contributed by atoms with Crippen molar-refractivity contribution < 1.29 is 0 Å². The molecule has 1 saturated heterocycles. The van der Waals surface area contributed by atoms with E-state index in [1.165, 1.54) is 48.7 Å². The zero-order chi connectivity index (χ0) is 11.5. The summed E-state index contributed by atoms with van der Waals surface area (Å²) in [6, 6.07) is 15.5. The van der Waals surface area contributed by atoms with Gasteiger partial charge < -0.3 is 5.32 Å². The number of benzene rings is 2. The molecule has 0 bridgehead atoms. The zero-order valence-electron chi connectivity index (χ0n) is 10.2. The number of aryl methyl sites for hydroxylation is 1. The molecule has 88 valence electrons. The molecule has 1 N–H and O–H groups in total. The molecule has 17 heavy (non-hydrogen) atoms. The summed E-state index contributed by atoms with van der Waals surface area (Å²) >= 11 is 0. The molecule has 1 unspecified atom stereocenters. The lowest BCUT2D eigenvalue weighted by atomic mass is 9.97. The van der Waals surface area contributed by atoms with E-state index in [4.69, 9.17) is 0 Å². The predicted octanol–water partition coefficient (Wildman–Crippen LogP) is 3.38. The highest BCUT2D eigenvalue weighted by Gasteiger charge is 2.13. The molecule has 2 aromatic rings. The number of rotatable bonds is 3. The van der Waals surface area contributed by atoms with Gasteiger partial charge in [0.15, 0.2) is 0 Å². The summed E-state index contributed by atoms with van der Waals surface area (Å²) in [5.74, 6) is 0.890. The molecule has 1 nitrogen and oxygen atoms in total. The number of nitrogens with one attached hydrogen (secondary N) is 1. The van der Waals surface area contributed by atoms with E-state index in [-0.39, 0.29) is 0 Å². The summed E-state index contributed by atoms with van der Waals surface area (Å²) in [5.41, 5.74) is 1.48. The second kappa shape index (κ2) is 4.89. The molecule has 1 aliphatic heterocycles. The lowest BCUT2D eigenvalue weighted by Gasteiger charge is -2.08. The first-order valence-electron chi connectivity index (χ1n) is 6.60. The molecule has 0 saturated carbocycles. The molecule has 1 heteroatoms. The van der Waals surface area contributed by atoms with Crippen LogP contribution in [0.25, 0.3) is 10.8 Å². The van der Waals surface area contributed by atoms with Crippen LogP contribution in [-0.2, 0) is 6.42 Å². The molecule has 3 rings (SSSR count). The Morgan fingerprint density at radius 3 is 2.76 bits per heavy atom. The van der Waals surface area contributed by atoms with Gasteiger partial charge >= 0.3 is 0 Å². The Morgan fingerprint density at radius 2 is 1.94 bits per heavy atom. The lowest BCUT2D eigenvalue weighted by Crippen LogP contribution is -2.09. The third-order valence-corrected chi connectivity index (χ3v) is 3.82. The maximum atomic E-state index is 3.44. The van der Waals surface area contributed by atoms with Crippen molar-refractivity contribution in [1.29, 1.82) is 0 Å². The van der Waals surface area contributed by atoms with Gasteiger partial charge in [0.25, 0.3) is 0 Å². The monoisotopic (exact) mass is 225 g/mol. The smallest absolute Gasteiger partial charge is 0.00199 e. The Hall–Kier alpha value is -1.34. The second-order valence-electron chi connectivity index (χ2n) is 5.08. The van der Waals surface area contributed by atoms with Crippen LogP contribution in [0.3, 0.4) is 0 Å². The Labute approximate surface area is 103 Å². The van der Waals surface area contributed by atoms with Crippen molar-refractivity contribution in [3.8, 4) is 0 Å². The molecule has 0 aliphatic carbocycles. The van der Waals surface area contributed by atoms with E-state index in [1.807, 2.05) is 0 Å². The van der Waals surface area contributed by atoms with Gasteiger partial charge in [0.05, 0.1) is 0 Å². The molecule has 0 aromatic heterocycles. The third kappa shape index (κ3) is 2.50. The van der Waals surface area contributed by atoms with Crippen molar-refractivity contribution in [2.24, 2.45) is 5.92 Å². The van der Waals surface area contributed by atoms with Crippen LogP contribution in [0.1, 0.15) is 18.4 Å². The van der Waals surface area contributed by atoms with Gasteiger partial charge in [0, 0.05) is 0 Å². The SMILES string of the molecule is c1ccc2cc(CCC3CCNC3)ccc2c1. The van der Waals surface area contributed by atoms with E-state index in [1.54, 1.807) is 0 Å². The van der Waals surface area contributed by atoms with Gasteiger partial charge in [0.1, 0.15) is 0 Å². The highest BCUT2D eigenvalue weighted by Crippen LogP contribution is 2.19. The predicted molar refractivity (Wildman–Crippen MR) is 73.2 cm³/mol. The molecule has 0 radical (unpaired) electrons. The second-order valence-corrected chi connectivity index (χ2v) is 5.08. The van der Waals surface area contributed by atoms with Crippen molar-refractivity contribution in [3.63, 3.8) is 0 Å². The average Bonchev–Trinajstić information content (AvgIpc) is 2.89. The van der Waals surface area contributed by atoms with Crippen LogP contribution in [0.15, 0.2) is 42.5 Å². The summed E-state index contributed by atoms with van der Waals surface area (Å²) in [6.45, 7) is 2.43. The Morgan fingerprint density at radius 1 is 1.06 bits per heavy atom. The summed E-state index contributed by atoms with van der Waals surface area (Å²) in [6.07, 6.45) is 3.90. The zero-order valence-corrected chi connectivity index (χ0v) is 10.2. The number of hydrogen-bond donors (Lipinski definition) is 1. The van der Waals surface area contributed by atoms with Crippen LogP contribution in [0.2, 0.25) is 0 Å². The fourth-order valence-electron chi connectivity index (χ4n) is 2.73. The number of hydrogen-bond acceptors (Lipinski definition) is 1. The third-order valence-electron chi connectivity index (χ3n) is 3.82. The van der Waals surface area contributed by atoms with Gasteiger partial charge in [-0.2, -0.15) is 0 Å². The standard InChI is InChI=1S/C16H19N/c1-2-4-16-11-13(7-8-15(16)3-1)5-6-14-9-10-17-12-14/h1-4,7-8,11,14,17H,5-6,9-10,12H2. The van der Waals surface area contributed by atoms with Crippen molar-refractivity contribution in [2.45, 2.75) is 19.3 Å². The minimum Gasteiger partial charge on any atom is -0.316 e. The topological polar surface area (TPSA) is 12.0 Å². The molecular formula is C16H19N. The van der Waals surface area contributed by atoms with Crippen LogP contribution in [0.5, 0.6) is 0 Å². The Balaban J connectivity index is 1.72. The lowest BCUT2D eigenvalue weighted by molar-refractivity contribution is 0.533. The first-order valence-corrected chi connectivity index (χ1v) is 6.60. The highest BCUT2D eigenvalue weighted by atomic mass is 14.9. The van der Waals surface area contributed by atoms with Crippen LogP contribution in [0, 0.1) is 5.92 Å². The fraction of sp³-hybridized carbons (Fsp3) is 0.375. The quantitative estimate of drug-likeness (QED) is 0.844. The van der Waals surface area contributed by atoms with Gasteiger partial charge in [-0.3, -0.25) is 0 Å². The molecule has 0 amide bonds. The van der Waals surface area contributed by atoms with Crippen LogP contribution >= 0.6 is 0 Å². The van der Waals surface area contributed by atoms with E-state index < -0.39 is 0 Å². The van der Waals surface area contributed by atoms with E-state index in [2.05, 4.69) is 47.8 Å². The van der Waals surface area contributed by atoms with E-state index in [9.17, 15) is 0 Å². The fourth-order valence-corrected chi connectivity index (χ4v) is 2.73. The largest absolute Gasteiger partial charge is 0.316 e. The van der Waals surface area contributed by atoms with Gasteiger partial charge in [-0.25, -0.2) is 0 Å². The first-order chi connectivity index (χ1) is 8.42. The van der Waals surface area contributed by atoms with Crippen LogP contribution in [-0.4, -0.2) is 13.1 Å². The van der Waals surface area contributed by atoms with Gasteiger partial charge in [-0.05, 0) is 54.6 Å². The Bertz CT molecular complexity index is 498. The molecule has 1 heterocycles. The van der Waals surface area contributed by atoms with Gasteiger partial charge in [-0.15, -0.1) is 0 Å². The van der Waals surface area contributed by atoms with Crippen molar-refractivity contribution in [2.75, 3.05) is 13.1 Å².